The Labute approximate surface area is 148 Å². The van der Waals surface area contributed by atoms with E-state index in [2.05, 4.69) is 11.0 Å². The first-order valence-corrected chi connectivity index (χ1v) is 8.49. The van der Waals surface area contributed by atoms with Crippen LogP contribution in [-0.2, 0) is 4.74 Å². The molecular formula is C20H22N2O3. The third-order valence-electron chi connectivity index (χ3n) is 4.36. The van der Waals surface area contributed by atoms with E-state index < -0.39 is 6.04 Å². The van der Waals surface area contributed by atoms with Crippen molar-refractivity contribution in [2.24, 2.45) is 0 Å². The van der Waals surface area contributed by atoms with Gasteiger partial charge in [0.15, 0.2) is 11.5 Å². The Morgan fingerprint density at radius 1 is 1.32 bits per heavy atom. The maximum atomic E-state index is 9.88. The summed E-state index contributed by atoms with van der Waals surface area (Å²) in [5.41, 5.74) is 1.93. The van der Waals surface area contributed by atoms with Crippen LogP contribution in [0.5, 0.6) is 11.5 Å². The number of ether oxygens (including phenoxy) is 2. The molecule has 1 heterocycles. The Bertz CT molecular complexity index is 742. The summed E-state index contributed by atoms with van der Waals surface area (Å²) in [6, 6.07) is 17.1. The molecular weight excluding hydrogens is 316 g/mol. The number of rotatable bonds is 5. The summed E-state index contributed by atoms with van der Waals surface area (Å²) in [5.74, 6) is 0.500. The summed E-state index contributed by atoms with van der Waals surface area (Å²) in [7, 11) is 0. The SMILES string of the molecule is CCOc1cc(C(C#N)N2CCOC(c3ccccc3)C2)ccc1O. The molecule has 0 aromatic heterocycles. The van der Waals surface area contributed by atoms with Crippen molar-refractivity contribution in [2.75, 3.05) is 26.3 Å². The van der Waals surface area contributed by atoms with E-state index in [1.807, 2.05) is 37.3 Å². The fraction of sp³-hybridized carbons (Fsp3) is 0.350. The van der Waals surface area contributed by atoms with Gasteiger partial charge in [0.05, 0.1) is 25.4 Å². The minimum Gasteiger partial charge on any atom is -0.504 e. The second kappa shape index (κ2) is 8.02. The molecule has 0 amide bonds. The summed E-state index contributed by atoms with van der Waals surface area (Å²) < 4.78 is 11.3. The van der Waals surface area contributed by atoms with E-state index >= 15 is 0 Å². The molecule has 2 aromatic carbocycles. The predicted octanol–water partition coefficient (Wildman–Crippen LogP) is 3.43. The number of aromatic hydroxyl groups is 1. The van der Waals surface area contributed by atoms with Crippen molar-refractivity contribution >= 4 is 0 Å². The molecule has 0 saturated carbocycles. The van der Waals surface area contributed by atoms with E-state index in [4.69, 9.17) is 9.47 Å². The van der Waals surface area contributed by atoms with E-state index in [0.717, 1.165) is 11.1 Å². The van der Waals surface area contributed by atoms with Crippen LogP contribution in [0.2, 0.25) is 0 Å². The summed E-state index contributed by atoms with van der Waals surface area (Å²) in [4.78, 5) is 2.11. The zero-order valence-corrected chi connectivity index (χ0v) is 14.3. The highest BCUT2D eigenvalue weighted by Crippen LogP contribution is 2.33. The highest BCUT2D eigenvalue weighted by molar-refractivity contribution is 5.44. The van der Waals surface area contributed by atoms with Gasteiger partial charge < -0.3 is 14.6 Å². The Hall–Kier alpha value is -2.55. The molecule has 1 aliphatic rings. The molecule has 2 aromatic rings. The predicted molar refractivity (Wildman–Crippen MR) is 94.3 cm³/mol. The highest BCUT2D eigenvalue weighted by Gasteiger charge is 2.28. The van der Waals surface area contributed by atoms with Crippen LogP contribution < -0.4 is 4.74 Å². The van der Waals surface area contributed by atoms with Crippen molar-refractivity contribution in [1.82, 2.24) is 4.90 Å². The Morgan fingerprint density at radius 3 is 2.84 bits per heavy atom. The van der Waals surface area contributed by atoms with E-state index in [9.17, 15) is 10.4 Å². The fourth-order valence-electron chi connectivity index (χ4n) is 3.11. The second-order valence-electron chi connectivity index (χ2n) is 5.96. The minimum absolute atomic E-state index is 0.0470. The van der Waals surface area contributed by atoms with Gasteiger partial charge >= 0.3 is 0 Å². The average molecular weight is 338 g/mol. The van der Waals surface area contributed by atoms with Gasteiger partial charge in [-0.2, -0.15) is 5.26 Å². The number of hydrogen-bond donors (Lipinski definition) is 1. The molecule has 1 saturated heterocycles. The van der Waals surface area contributed by atoms with Gasteiger partial charge in [0.1, 0.15) is 6.04 Å². The van der Waals surface area contributed by atoms with E-state index in [1.54, 1.807) is 18.2 Å². The lowest BCUT2D eigenvalue weighted by molar-refractivity contribution is -0.0383. The summed E-state index contributed by atoms with van der Waals surface area (Å²) in [6.45, 7) is 4.23. The molecule has 2 unspecified atom stereocenters. The highest BCUT2D eigenvalue weighted by atomic mass is 16.5. The second-order valence-corrected chi connectivity index (χ2v) is 5.96. The molecule has 0 spiro atoms. The number of phenols is 1. The topological polar surface area (TPSA) is 65.7 Å². The number of benzene rings is 2. The molecule has 1 aliphatic heterocycles. The van der Waals surface area contributed by atoms with Crippen molar-refractivity contribution in [1.29, 1.82) is 5.26 Å². The van der Waals surface area contributed by atoms with Gasteiger partial charge in [0.2, 0.25) is 0 Å². The third kappa shape index (κ3) is 3.93. The molecule has 0 radical (unpaired) electrons. The van der Waals surface area contributed by atoms with Crippen LogP contribution >= 0.6 is 0 Å². The largest absolute Gasteiger partial charge is 0.504 e. The Morgan fingerprint density at radius 2 is 2.12 bits per heavy atom. The molecule has 0 bridgehead atoms. The fourth-order valence-corrected chi connectivity index (χ4v) is 3.11. The van der Waals surface area contributed by atoms with Crippen LogP contribution in [0.25, 0.3) is 0 Å². The van der Waals surface area contributed by atoms with Gasteiger partial charge in [-0.05, 0) is 30.2 Å². The van der Waals surface area contributed by atoms with E-state index in [-0.39, 0.29) is 11.9 Å². The van der Waals surface area contributed by atoms with Crippen molar-refractivity contribution in [3.05, 3.63) is 59.7 Å². The van der Waals surface area contributed by atoms with Crippen molar-refractivity contribution in [2.45, 2.75) is 19.1 Å². The Kier molecular flexibility index (Phi) is 5.54. The van der Waals surface area contributed by atoms with Crippen LogP contribution in [-0.4, -0.2) is 36.3 Å². The number of hydrogen-bond acceptors (Lipinski definition) is 5. The first-order valence-electron chi connectivity index (χ1n) is 8.49. The number of morpholine rings is 1. The number of nitrogens with zero attached hydrogens (tertiary/aromatic N) is 2. The normalized spacial score (nSPS) is 19.1. The average Bonchev–Trinajstić information content (AvgIpc) is 2.66. The monoisotopic (exact) mass is 338 g/mol. The van der Waals surface area contributed by atoms with Crippen LogP contribution in [0.4, 0.5) is 0 Å². The third-order valence-corrected chi connectivity index (χ3v) is 4.36. The lowest BCUT2D eigenvalue weighted by Gasteiger charge is -2.36. The van der Waals surface area contributed by atoms with Crippen LogP contribution in [0, 0.1) is 11.3 Å². The lowest BCUT2D eigenvalue weighted by Crippen LogP contribution is -2.40. The molecule has 5 nitrogen and oxygen atoms in total. The van der Waals surface area contributed by atoms with Gasteiger partial charge in [0.25, 0.3) is 0 Å². The van der Waals surface area contributed by atoms with Crippen LogP contribution in [0.3, 0.4) is 0 Å². The molecule has 25 heavy (non-hydrogen) atoms. The van der Waals surface area contributed by atoms with Gasteiger partial charge in [-0.1, -0.05) is 36.4 Å². The van der Waals surface area contributed by atoms with Gasteiger partial charge in [-0.15, -0.1) is 0 Å². The summed E-state index contributed by atoms with van der Waals surface area (Å²) in [5, 5.41) is 19.6. The zero-order valence-electron chi connectivity index (χ0n) is 14.3. The first-order chi connectivity index (χ1) is 12.2. The number of phenolic OH excluding ortho intramolecular Hbond substituents is 1. The van der Waals surface area contributed by atoms with E-state index in [0.29, 0.717) is 32.1 Å². The van der Waals surface area contributed by atoms with Gasteiger partial charge in [-0.3, -0.25) is 4.90 Å². The summed E-state index contributed by atoms with van der Waals surface area (Å²) in [6.07, 6.45) is -0.0470. The summed E-state index contributed by atoms with van der Waals surface area (Å²) >= 11 is 0. The van der Waals surface area contributed by atoms with Gasteiger partial charge in [0, 0.05) is 13.1 Å². The molecule has 3 rings (SSSR count). The molecule has 1 N–H and O–H groups in total. The van der Waals surface area contributed by atoms with Crippen molar-refractivity contribution in [3.8, 4) is 17.6 Å². The van der Waals surface area contributed by atoms with Crippen molar-refractivity contribution in [3.63, 3.8) is 0 Å². The standard InChI is InChI=1S/C20H22N2O3/c1-2-24-19-12-16(8-9-18(19)23)17(13-21)22-10-11-25-20(14-22)15-6-4-3-5-7-15/h3-9,12,17,20,23H,2,10-11,14H2,1H3. The van der Waals surface area contributed by atoms with Gasteiger partial charge in [-0.25, -0.2) is 0 Å². The molecule has 1 fully saturated rings. The smallest absolute Gasteiger partial charge is 0.161 e. The number of nitriles is 1. The molecule has 130 valence electrons. The van der Waals surface area contributed by atoms with Crippen LogP contribution in [0.15, 0.2) is 48.5 Å². The first kappa shape index (κ1) is 17.3. The van der Waals surface area contributed by atoms with Crippen molar-refractivity contribution < 1.29 is 14.6 Å². The zero-order chi connectivity index (χ0) is 17.6. The van der Waals surface area contributed by atoms with E-state index in [1.165, 1.54) is 0 Å². The maximum absolute atomic E-state index is 9.88. The Balaban J connectivity index is 1.81. The molecule has 0 aliphatic carbocycles. The lowest BCUT2D eigenvalue weighted by atomic mass is 10.0. The van der Waals surface area contributed by atoms with Crippen LogP contribution in [0.1, 0.15) is 30.2 Å². The minimum atomic E-state index is -0.407. The maximum Gasteiger partial charge on any atom is 0.161 e. The molecule has 5 heteroatoms. The quantitative estimate of drug-likeness (QED) is 0.905. The molecule has 2 atom stereocenters.